The van der Waals surface area contributed by atoms with E-state index in [1.54, 1.807) is 11.0 Å². The van der Waals surface area contributed by atoms with Crippen molar-refractivity contribution in [3.63, 3.8) is 0 Å². The SMILES string of the molecule is CCCCN(CCO)C(=O)c1cc(N)c(C)s1. The van der Waals surface area contributed by atoms with Crippen LogP contribution in [-0.4, -0.2) is 35.6 Å². The first-order valence-electron chi connectivity index (χ1n) is 5.86. The molecule has 96 valence electrons. The van der Waals surface area contributed by atoms with Gasteiger partial charge in [0.2, 0.25) is 0 Å². The van der Waals surface area contributed by atoms with Gasteiger partial charge in [0.05, 0.1) is 11.5 Å². The largest absolute Gasteiger partial charge is 0.398 e. The molecule has 1 heterocycles. The monoisotopic (exact) mass is 256 g/mol. The lowest BCUT2D eigenvalue weighted by Gasteiger charge is -2.20. The highest BCUT2D eigenvalue weighted by Crippen LogP contribution is 2.24. The standard InChI is InChI=1S/C12H20N2O2S/c1-3-4-5-14(6-7-15)12(16)11-8-10(13)9(2)17-11/h8,15H,3-7,13H2,1-2H3. The van der Waals surface area contributed by atoms with Crippen molar-refractivity contribution in [1.82, 2.24) is 4.90 Å². The summed E-state index contributed by atoms with van der Waals surface area (Å²) < 4.78 is 0. The van der Waals surface area contributed by atoms with E-state index in [-0.39, 0.29) is 12.5 Å². The lowest BCUT2D eigenvalue weighted by Crippen LogP contribution is -2.33. The fraction of sp³-hybridized carbons (Fsp3) is 0.583. The Morgan fingerprint density at radius 2 is 2.24 bits per heavy atom. The van der Waals surface area contributed by atoms with Gasteiger partial charge in [-0.1, -0.05) is 13.3 Å². The summed E-state index contributed by atoms with van der Waals surface area (Å²) in [5.41, 5.74) is 6.41. The van der Waals surface area contributed by atoms with Crippen molar-refractivity contribution in [2.45, 2.75) is 26.7 Å². The van der Waals surface area contributed by atoms with E-state index in [1.165, 1.54) is 11.3 Å². The predicted molar refractivity (Wildman–Crippen MR) is 71.4 cm³/mol. The van der Waals surface area contributed by atoms with Gasteiger partial charge in [0, 0.05) is 23.7 Å². The highest BCUT2D eigenvalue weighted by molar-refractivity contribution is 7.14. The average molecular weight is 256 g/mol. The summed E-state index contributed by atoms with van der Waals surface area (Å²) in [6, 6.07) is 1.72. The van der Waals surface area contributed by atoms with Gasteiger partial charge >= 0.3 is 0 Å². The number of rotatable bonds is 6. The van der Waals surface area contributed by atoms with Gasteiger partial charge in [0.25, 0.3) is 5.91 Å². The van der Waals surface area contributed by atoms with E-state index >= 15 is 0 Å². The number of aliphatic hydroxyl groups is 1. The molecule has 5 heteroatoms. The predicted octanol–water partition coefficient (Wildman–Crippen LogP) is 1.87. The Kier molecular flexibility index (Phi) is 5.44. The average Bonchev–Trinajstić information content (AvgIpc) is 2.64. The lowest BCUT2D eigenvalue weighted by molar-refractivity contribution is 0.0724. The maximum atomic E-state index is 12.2. The second-order valence-electron chi connectivity index (χ2n) is 3.99. The highest BCUT2D eigenvalue weighted by atomic mass is 32.1. The molecule has 0 aliphatic rings. The molecule has 0 saturated carbocycles. The molecule has 0 aliphatic carbocycles. The molecule has 0 spiro atoms. The fourth-order valence-corrected chi connectivity index (χ4v) is 2.45. The van der Waals surface area contributed by atoms with Crippen LogP contribution in [0.1, 0.15) is 34.3 Å². The first-order chi connectivity index (χ1) is 8.10. The van der Waals surface area contributed by atoms with Crippen LogP contribution in [0.4, 0.5) is 5.69 Å². The van der Waals surface area contributed by atoms with Crippen molar-refractivity contribution in [2.24, 2.45) is 0 Å². The Hall–Kier alpha value is -1.07. The Morgan fingerprint density at radius 1 is 1.53 bits per heavy atom. The number of nitrogens with zero attached hydrogens (tertiary/aromatic N) is 1. The Balaban J connectivity index is 2.76. The molecule has 17 heavy (non-hydrogen) atoms. The molecule has 0 radical (unpaired) electrons. The van der Waals surface area contributed by atoms with Gasteiger partial charge in [-0.15, -0.1) is 11.3 Å². The number of aryl methyl sites for hydroxylation is 1. The number of aliphatic hydroxyl groups excluding tert-OH is 1. The summed E-state index contributed by atoms with van der Waals surface area (Å²) in [4.78, 5) is 15.5. The third-order valence-electron chi connectivity index (χ3n) is 2.61. The van der Waals surface area contributed by atoms with Crippen LogP contribution in [0.15, 0.2) is 6.07 Å². The summed E-state index contributed by atoms with van der Waals surface area (Å²) in [6.45, 7) is 5.05. The molecule has 0 fully saturated rings. The fourth-order valence-electron chi connectivity index (χ4n) is 1.54. The van der Waals surface area contributed by atoms with E-state index < -0.39 is 0 Å². The topological polar surface area (TPSA) is 66.6 Å². The zero-order valence-corrected chi connectivity index (χ0v) is 11.2. The molecular formula is C12H20N2O2S. The second kappa shape index (κ2) is 6.61. The first kappa shape index (κ1) is 14.0. The third-order valence-corrected chi connectivity index (χ3v) is 3.66. The minimum atomic E-state index is -0.0303. The number of amides is 1. The number of carbonyl (C=O) groups is 1. The van der Waals surface area contributed by atoms with Crippen molar-refractivity contribution in [3.8, 4) is 0 Å². The minimum absolute atomic E-state index is 0.00467. The van der Waals surface area contributed by atoms with E-state index in [9.17, 15) is 4.79 Å². The van der Waals surface area contributed by atoms with Crippen LogP contribution >= 0.6 is 11.3 Å². The molecule has 0 aromatic carbocycles. The van der Waals surface area contributed by atoms with Crippen molar-refractivity contribution in [1.29, 1.82) is 0 Å². The Bertz CT molecular complexity index is 357. The molecule has 1 amide bonds. The number of unbranched alkanes of at least 4 members (excludes halogenated alkanes) is 1. The molecule has 0 bridgehead atoms. The van der Waals surface area contributed by atoms with E-state index in [0.717, 1.165) is 17.7 Å². The van der Waals surface area contributed by atoms with Gasteiger partial charge in [-0.25, -0.2) is 0 Å². The molecule has 0 saturated heterocycles. The molecule has 1 aromatic heterocycles. The summed E-state index contributed by atoms with van der Waals surface area (Å²) in [6.07, 6.45) is 1.98. The van der Waals surface area contributed by atoms with Crippen LogP contribution in [0.5, 0.6) is 0 Å². The number of anilines is 1. The summed E-state index contributed by atoms with van der Waals surface area (Å²) >= 11 is 1.41. The van der Waals surface area contributed by atoms with Crippen molar-refractivity contribution >= 4 is 22.9 Å². The van der Waals surface area contributed by atoms with E-state index in [4.69, 9.17) is 10.8 Å². The van der Waals surface area contributed by atoms with Crippen LogP contribution < -0.4 is 5.73 Å². The molecular weight excluding hydrogens is 236 g/mol. The van der Waals surface area contributed by atoms with Gasteiger partial charge in [-0.3, -0.25) is 4.79 Å². The molecule has 3 N–H and O–H groups in total. The van der Waals surface area contributed by atoms with Gasteiger partial charge in [-0.2, -0.15) is 0 Å². The van der Waals surface area contributed by atoms with E-state index in [0.29, 0.717) is 23.7 Å². The number of hydrogen-bond acceptors (Lipinski definition) is 4. The molecule has 1 rings (SSSR count). The van der Waals surface area contributed by atoms with E-state index in [2.05, 4.69) is 6.92 Å². The van der Waals surface area contributed by atoms with Gasteiger partial charge in [-0.05, 0) is 19.4 Å². The molecule has 0 atom stereocenters. The normalized spacial score (nSPS) is 10.5. The number of nitrogens with two attached hydrogens (primary N) is 1. The summed E-state index contributed by atoms with van der Waals surface area (Å²) in [7, 11) is 0. The molecule has 0 aliphatic heterocycles. The quantitative estimate of drug-likeness (QED) is 0.816. The lowest BCUT2D eigenvalue weighted by atomic mass is 10.3. The van der Waals surface area contributed by atoms with Gasteiger partial charge in [0.15, 0.2) is 0 Å². The van der Waals surface area contributed by atoms with Crippen LogP contribution in [-0.2, 0) is 0 Å². The van der Waals surface area contributed by atoms with Crippen LogP contribution in [0.3, 0.4) is 0 Å². The van der Waals surface area contributed by atoms with Crippen molar-refractivity contribution < 1.29 is 9.90 Å². The summed E-state index contributed by atoms with van der Waals surface area (Å²) in [5.74, 6) is -0.0303. The third kappa shape index (κ3) is 3.71. The molecule has 4 nitrogen and oxygen atoms in total. The van der Waals surface area contributed by atoms with Crippen molar-refractivity contribution in [3.05, 3.63) is 15.8 Å². The van der Waals surface area contributed by atoms with Gasteiger partial charge < -0.3 is 15.7 Å². The number of thiophene rings is 1. The maximum Gasteiger partial charge on any atom is 0.264 e. The van der Waals surface area contributed by atoms with Crippen LogP contribution in [0.25, 0.3) is 0 Å². The summed E-state index contributed by atoms with van der Waals surface area (Å²) in [5, 5.41) is 8.98. The van der Waals surface area contributed by atoms with Crippen LogP contribution in [0, 0.1) is 6.92 Å². The van der Waals surface area contributed by atoms with Gasteiger partial charge in [0.1, 0.15) is 0 Å². The highest BCUT2D eigenvalue weighted by Gasteiger charge is 2.17. The Labute approximate surface area is 106 Å². The number of carbonyl (C=O) groups excluding carboxylic acids is 1. The molecule has 1 aromatic rings. The maximum absolute atomic E-state index is 12.2. The Morgan fingerprint density at radius 3 is 2.71 bits per heavy atom. The first-order valence-corrected chi connectivity index (χ1v) is 6.67. The second-order valence-corrected chi connectivity index (χ2v) is 5.25. The van der Waals surface area contributed by atoms with E-state index in [1.807, 2.05) is 6.92 Å². The zero-order valence-electron chi connectivity index (χ0n) is 10.4. The van der Waals surface area contributed by atoms with Crippen molar-refractivity contribution in [2.75, 3.05) is 25.4 Å². The number of hydrogen-bond donors (Lipinski definition) is 2. The molecule has 0 unspecified atom stereocenters. The number of nitrogen functional groups attached to an aromatic ring is 1. The smallest absolute Gasteiger partial charge is 0.264 e. The zero-order chi connectivity index (χ0) is 12.8. The van der Waals surface area contributed by atoms with Crippen LogP contribution in [0.2, 0.25) is 0 Å². The minimum Gasteiger partial charge on any atom is -0.398 e.